The number of aromatic nitrogens is 1. The van der Waals surface area contributed by atoms with Gasteiger partial charge in [-0.25, -0.2) is 4.79 Å². The number of nitrogens with zero attached hydrogens (tertiary/aromatic N) is 2. The molecule has 1 aromatic heterocycles. The third-order valence-corrected chi connectivity index (χ3v) is 5.36. The Morgan fingerprint density at radius 3 is 2.63 bits per heavy atom. The van der Waals surface area contributed by atoms with Crippen LogP contribution in [-0.2, 0) is 11.3 Å². The summed E-state index contributed by atoms with van der Waals surface area (Å²) in [5, 5.41) is 1.15. The van der Waals surface area contributed by atoms with Crippen LogP contribution in [0.5, 0.6) is 0 Å². The Bertz CT molecular complexity index is 1250. The van der Waals surface area contributed by atoms with Crippen molar-refractivity contribution in [1.29, 1.82) is 0 Å². The molecular formula is C26H24N2O2. The molecule has 3 aromatic carbocycles. The summed E-state index contributed by atoms with van der Waals surface area (Å²) in [5.74, 6) is -0.324. The number of aryl methyl sites for hydroxylation is 2. The van der Waals surface area contributed by atoms with Crippen LogP contribution in [0.4, 0.5) is 5.69 Å². The van der Waals surface area contributed by atoms with Gasteiger partial charge in [0.25, 0.3) is 0 Å². The van der Waals surface area contributed by atoms with Gasteiger partial charge in [0, 0.05) is 35.4 Å². The summed E-state index contributed by atoms with van der Waals surface area (Å²) in [4.78, 5) is 16.6. The molecule has 0 unspecified atom stereocenters. The lowest BCUT2D eigenvalue weighted by atomic mass is 10.1. The van der Waals surface area contributed by atoms with Gasteiger partial charge in [0.2, 0.25) is 0 Å². The van der Waals surface area contributed by atoms with Gasteiger partial charge in [-0.2, -0.15) is 0 Å². The summed E-state index contributed by atoms with van der Waals surface area (Å²) in [5.41, 5.74) is 7.23. The third kappa shape index (κ3) is 4.03. The summed E-state index contributed by atoms with van der Waals surface area (Å²) < 4.78 is 7.03. The number of carbonyl (C=O) groups excluding carboxylic acids is 1. The lowest BCUT2D eigenvalue weighted by molar-refractivity contribution is 0.0600. The Balaban J connectivity index is 1.68. The molecule has 30 heavy (non-hydrogen) atoms. The Morgan fingerprint density at radius 1 is 1.00 bits per heavy atom. The normalized spacial score (nSPS) is 11.3. The average Bonchev–Trinajstić information content (AvgIpc) is 3.11. The predicted octanol–water partition coefficient (Wildman–Crippen LogP) is 5.84. The van der Waals surface area contributed by atoms with Gasteiger partial charge in [0.05, 0.1) is 18.4 Å². The highest BCUT2D eigenvalue weighted by molar-refractivity contribution is 6.00. The van der Waals surface area contributed by atoms with Crippen molar-refractivity contribution in [2.75, 3.05) is 7.11 Å². The molecule has 4 aromatic rings. The van der Waals surface area contributed by atoms with Gasteiger partial charge in [0.1, 0.15) is 0 Å². The molecule has 0 aliphatic rings. The SMILES string of the molecule is COC(=O)c1cccc(Cn2cc(C=Nc3ccc(C)c(C)c3)c3ccccc32)c1. The van der Waals surface area contributed by atoms with Crippen LogP contribution >= 0.6 is 0 Å². The van der Waals surface area contributed by atoms with E-state index in [1.807, 2.05) is 42.6 Å². The topological polar surface area (TPSA) is 43.6 Å². The van der Waals surface area contributed by atoms with E-state index < -0.39 is 0 Å². The van der Waals surface area contributed by atoms with Crippen LogP contribution in [0.3, 0.4) is 0 Å². The molecule has 0 saturated heterocycles. The highest BCUT2D eigenvalue weighted by atomic mass is 16.5. The first-order chi connectivity index (χ1) is 14.5. The lowest BCUT2D eigenvalue weighted by Gasteiger charge is -2.07. The van der Waals surface area contributed by atoms with Crippen LogP contribution in [0.1, 0.15) is 32.6 Å². The molecule has 1 heterocycles. The maximum absolute atomic E-state index is 11.9. The number of fused-ring (bicyclic) bond motifs is 1. The Labute approximate surface area is 176 Å². The molecule has 0 spiro atoms. The summed E-state index contributed by atoms with van der Waals surface area (Å²) in [6.45, 7) is 4.86. The van der Waals surface area contributed by atoms with E-state index in [9.17, 15) is 4.79 Å². The van der Waals surface area contributed by atoms with E-state index >= 15 is 0 Å². The Hall–Kier alpha value is -3.66. The minimum Gasteiger partial charge on any atom is -0.465 e. The molecule has 4 heteroatoms. The fraction of sp³-hybridized carbons (Fsp3) is 0.154. The van der Waals surface area contributed by atoms with Crippen LogP contribution in [0, 0.1) is 13.8 Å². The van der Waals surface area contributed by atoms with Crippen LogP contribution in [0.25, 0.3) is 10.9 Å². The quantitative estimate of drug-likeness (QED) is 0.314. The third-order valence-electron chi connectivity index (χ3n) is 5.36. The maximum atomic E-state index is 11.9. The fourth-order valence-electron chi connectivity index (χ4n) is 3.57. The van der Waals surface area contributed by atoms with Gasteiger partial charge < -0.3 is 9.30 Å². The van der Waals surface area contributed by atoms with Crippen molar-refractivity contribution >= 4 is 28.8 Å². The van der Waals surface area contributed by atoms with Crippen LogP contribution in [0.15, 0.2) is 77.9 Å². The zero-order chi connectivity index (χ0) is 21.1. The van der Waals surface area contributed by atoms with E-state index in [2.05, 4.69) is 48.9 Å². The molecular weight excluding hydrogens is 372 g/mol. The Morgan fingerprint density at radius 2 is 1.83 bits per heavy atom. The largest absolute Gasteiger partial charge is 0.465 e. The van der Waals surface area contributed by atoms with E-state index in [4.69, 9.17) is 9.73 Å². The predicted molar refractivity (Wildman–Crippen MR) is 122 cm³/mol. The monoisotopic (exact) mass is 396 g/mol. The summed E-state index contributed by atoms with van der Waals surface area (Å²) in [6, 6.07) is 22.1. The minimum atomic E-state index is -0.324. The first-order valence-corrected chi connectivity index (χ1v) is 9.91. The molecule has 0 amide bonds. The number of hydrogen-bond donors (Lipinski definition) is 0. The number of para-hydroxylation sites is 1. The van der Waals surface area contributed by atoms with Crippen molar-refractivity contribution in [1.82, 2.24) is 4.57 Å². The highest BCUT2D eigenvalue weighted by Gasteiger charge is 2.09. The number of ether oxygens (including phenoxy) is 1. The van der Waals surface area contributed by atoms with E-state index in [1.165, 1.54) is 18.2 Å². The second-order valence-corrected chi connectivity index (χ2v) is 7.45. The van der Waals surface area contributed by atoms with Gasteiger partial charge >= 0.3 is 5.97 Å². The molecule has 0 aliphatic heterocycles. The van der Waals surface area contributed by atoms with E-state index in [1.54, 1.807) is 6.07 Å². The van der Waals surface area contributed by atoms with Crippen molar-refractivity contribution in [3.05, 3.63) is 101 Å². The lowest BCUT2D eigenvalue weighted by Crippen LogP contribution is -2.03. The highest BCUT2D eigenvalue weighted by Crippen LogP contribution is 2.23. The fourth-order valence-corrected chi connectivity index (χ4v) is 3.57. The number of hydrogen-bond acceptors (Lipinski definition) is 3. The maximum Gasteiger partial charge on any atom is 0.337 e. The molecule has 0 fully saturated rings. The second-order valence-electron chi connectivity index (χ2n) is 7.45. The standard InChI is InChI=1S/C26H24N2O2/c1-18-11-12-23(13-19(18)2)27-15-22-17-28(25-10-5-4-9-24(22)25)16-20-7-6-8-21(14-20)26(29)30-3/h4-15,17H,16H2,1-3H3. The molecule has 0 radical (unpaired) electrons. The molecule has 4 rings (SSSR count). The zero-order valence-electron chi connectivity index (χ0n) is 17.4. The first-order valence-electron chi connectivity index (χ1n) is 9.91. The number of methoxy groups -OCH3 is 1. The Kier molecular flexibility index (Phi) is 5.48. The smallest absolute Gasteiger partial charge is 0.337 e. The molecule has 0 bridgehead atoms. The van der Waals surface area contributed by atoms with Crippen molar-refractivity contribution < 1.29 is 9.53 Å². The number of benzene rings is 3. The molecule has 0 N–H and O–H groups in total. The molecule has 4 nitrogen and oxygen atoms in total. The first kappa shape index (κ1) is 19.6. The van der Waals surface area contributed by atoms with Crippen LogP contribution in [-0.4, -0.2) is 23.9 Å². The van der Waals surface area contributed by atoms with Crippen molar-refractivity contribution in [2.24, 2.45) is 4.99 Å². The number of carbonyl (C=O) groups is 1. The van der Waals surface area contributed by atoms with Gasteiger partial charge in [-0.15, -0.1) is 0 Å². The average molecular weight is 396 g/mol. The molecule has 0 aliphatic carbocycles. The van der Waals surface area contributed by atoms with Crippen molar-refractivity contribution in [3.8, 4) is 0 Å². The summed E-state index contributed by atoms with van der Waals surface area (Å²) >= 11 is 0. The van der Waals surface area contributed by atoms with E-state index in [-0.39, 0.29) is 5.97 Å². The molecule has 0 saturated carbocycles. The number of esters is 1. The van der Waals surface area contributed by atoms with E-state index in [0.717, 1.165) is 27.7 Å². The van der Waals surface area contributed by atoms with Crippen LogP contribution < -0.4 is 0 Å². The van der Waals surface area contributed by atoms with Gasteiger partial charge in [-0.1, -0.05) is 36.4 Å². The number of aliphatic imine (C=N–C) groups is 1. The second kappa shape index (κ2) is 8.37. The molecule has 0 atom stereocenters. The molecule has 150 valence electrons. The van der Waals surface area contributed by atoms with Gasteiger partial charge in [0.15, 0.2) is 0 Å². The van der Waals surface area contributed by atoms with Gasteiger partial charge in [-0.3, -0.25) is 4.99 Å². The van der Waals surface area contributed by atoms with E-state index in [0.29, 0.717) is 12.1 Å². The van der Waals surface area contributed by atoms with Gasteiger partial charge in [-0.05, 0) is 60.9 Å². The van der Waals surface area contributed by atoms with Crippen LogP contribution in [0.2, 0.25) is 0 Å². The minimum absolute atomic E-state index is 0.324. The summed E-state index contributed by atoms with van der Waals surface area (Å²) in [6.07, 6.45) is 4.04. The number of rotatable bonds is 5. The summed E-state index contributed by atoms with van der Waals surface area (Å²) in [7, 11) is 1.40. The zero-order valence-corrected chi connectivity index (χ0v) is 17.4. The van der Waals surface area contributed by atoms with Crippen molar-refractivity contribution in [3.63, 3.8) is 0 Å². The van der Waals surface area contributed by atoms with Crippen molar-refractivity contribution in [2.45, 2.75) is 20.4 Å².